The number of aryl methyl sites for hydroxylation is 1. The lowest BCUT2D eigenvalue weighted by Gasteiger charge is -2.23. The van der Waals surface area contributed by atoms with Crippen molar-refractivity contribution < 1.29 is 22.7 Å². The molecule has 0 aliphatic carbocycles. The minimum absolute atomic E-state index is 0.0556. The molecule has 1 N–H and O–H groups in total. The Balaban J connectivity index is 1.81. The van der Waals surface area contributed by atoms with Gasteiger partial charge in [0.1, 0.15) is 13.2 Å². The Bertz CT molecular complexity index is 1390. The highest BCUT2D eigenvalue weighted by Gasteiger charge is 2.27. The molecule has 0 spiro atoms. The van der Waals surface area contributed by atoms with Gasteiger partial charge in [-0.15, -0.1) is 0 Å². The molecule has 37 heavy (non-hydrogen) atoms. The molecule has 0 aliphatic heterocycles. The quantitative estimate of drug-likeness (QED) is 0.181. The lowest BCUT2D eigenvalue weighted by Crippen LogP contribution is -2.39. The minimum atomic E-state index is -4.05. The second-order valence-electron chi connectivity index (χ2n) is 7.73. The third kappa shape index (κ3) is 7.34. The first-order valence-electron chi connectivity index (χ1n) is 10.9. The van der Waals surface area contributed by atoms with Crippen molar-refractivity contribution in [3.05, 3.63) is 93.9 Å². The van der Waals surface area contributed by atoms with Crippen LogP contribution in [0.4, 0.5) is 5.69 Å². The van der Waals surface area contributed by atoms with E-state index in [1.165, 1.54) is 37.6 Å². The number of nitrogens with one attached hydrogen (secondary N) is 1. The molecule has 8 nitrogen and oxygen atoms in total. The number of anilines is 1. The minimum Gasteiger partial charge on any atom is -0.493 e. The fraction of sp³-hybridized carbons (Fsp3) is 0.154. The average Bonchev–Trinajstić information content (AvgIpc) is 2.87. The Hall–Kier alpha value is -3.34. The molecule has 0 fully saturated rings. The summed E-state index contributed by atoms with van der Waals surface area (Å²) in [5.41, 5.74) is 4.18. The van der Waals surface area contributed by atoms with Crippen LogP contribution in [-0.4, -0.2) is 40.8 Å². The molecular formula is C26H25BrClN3O5S. The predicted molar refractivity (Wildman–Crippen MR) is 149 cm³/mol. The summed E-state index contributed by atoms with van der Waals surface area (Å²) in [6.45, 7) is 5.28. The van der Waals surface area contributed by atoms with Crippen LogP contribution in [0, 0.1) is 6.92 Å². The third-order valence-electron chi connectivity index (χ3n) is 5.01. The number of sulfonamides is 1. The van der Waals surface area contributed by atoms with E-state index in [-0.39, 0.29) is 10.6 Å². The van der Waals surface area contributed by atoms with E-state index in [2.05, 4.69) is 33.0 Å². The topological polar surface area (TPSA) is 97.3 Å². The SMILES string of the molecule is C=CCOc1c(Br)cc(/C=N\NC(=O)CN(c2ccc(Cl)cc2)S(=O)(=O)c2ccc(C)cc2)cc1OC. The van der Waals surface area contributed by atoms with Gasteiger partial charge >= 0.3 is 0 Å². The fourth-order valence-corrected chi connectivity index (χ4v) is 5.32. The maximum atomic E-state index is 13.4. The van der Waals surface area contributed by atoms with E-state index in [9.17, 15) is 13.2 Å². The van der Waals surface area contributed by atoms with Crippen LogP contribution in [-0.2, 0) is 14.8 Å². The summed E-state index contributed by atoms with van der Waals surface area (Å²) >= 11 is 9.40. The molecule has 0 radical (unpaired) electrons. The number of hydrogen-bond acceptors (Lipinski definition) is 6. The van der Waals surface area contributed by atoms with Crippen molar-refractivity contribution in [2.24, 2.45) is 5.10 Å². The molecule has 3 aromatic rings. The smallest absolute Gasteiger partial charge is 0.264 e. The number of nitrogens with zero attached hydrogens (tertiary/aromatic N) is 2. The zero-order valence-corrected chi connectivity index (χ0v) is 23.3. The molecule has 0 aliphatic rings. The summed E-state index contributed by atoms with van der Waals surface area (Å²) in [5, 5.41) is 4.41. The average molecular weight is 607 g/mol. The summed E-state index contributed by atoms with van der Waals surface area (Å²) in [4.78, 5) is 12.8. The Kier molecular flexibility index (Phi) is 9.73. The van der Waals surface area contributed by atoms with Gasteiger partial charge in [-0.1, -0.05) is 42.0 Å². The van der Waals surface area contributed by atoms with Crippen molar-refractivity contribution in [1.82, 2.24) is 5.43 Å². The summed E-state index contributed by atoms with van der Waals surface area (Å²) < 4.78 is 39.4. The predicted octanol–water partition coefficient (Wildman–Crippen LogP) is 5.33. The molecule has 3 rings (SSSR count). The lowest BCUT2D eigenvalue weighted by atomic mass is 10.2. The zero-order chi connectivity index (χ0) is 27.0. The number of hydrazone groups is 1. The number of carbonyl (C=O) groups is 1. The Labute approximate surface area is 229 Å². The monoisotopic (exact) mass is 605 g/mol. The summed E-state index contributed by atoms with van der Waals surface area (Å²) in [6.07, 6.45) is 3.02. The van der Waals surface area contributed by atoms with Gasteiger partial charge in [-0.05, 0) is 76.9 Å². The largest absolute Gasteiger partial charge is 0.493 e. The van der Waals surface area contributed by atoms with Crippen molar-refractivity contribution in [3.63, 3.8) is 0 Å². The maximum absolute atomic E-state index is 13.4. The molecule has 0 aromatic heterocycles. The van der Waals surface area contributed by atoms with Crippen LogP contribution in [0.5, 0.6) is 11.5 Å². The number of rotatable bonds is 11. The Morgan fingerprint density at radius 1 is 1.16 bits per heavy atom. The van der Waals surface area contributed by atoms with Gasteiger partial charge in [-0.25, -0.2) is 13.8 Å². The van der Waals surface area contributed by atoms with E-state index in [0.29, 0.717) is 33.2 Å². The van der Waals surface area contributed by atoms with E-state index >= 15 is 0 Å². The van der Waals surface area contributed by atoms with E-state index in [4.69, 9.17) is 21.1 Å². The van der Waals surface area contributed by atoms with Crippen LogP contribution >= 0.6 is 27.5 Å². The molecule has 0 atom stereocenters. The van der Waals surface area contributed by atoms with E-state index in [0.717, 1.165) is 9.87 Å². The zero-order valence-electron chi connectivity index (χ0n) is 20.1. The standard InChI is InChI=1S/C26H25BrClN3O5S/c1-4-13-36-26-23(27)14-19(15-24(26)35-3)16-29-30-25(32)17-31(21-9-7-20(28)8-10-21)37(33,34)22-11-5-18(2)6-12-22/h4-12,14-16H,1,13,17H2,2-3H3,(H,30,32)/b29-16-. The molecule has 3 aromatic carbocycles. The molecule has 0 saturated heterocycles. The van der Waals surface area contributed by atoms with Gasteiger partial charge < -0.3 is 9.47 Å². The van der Waals surface area contributed by atoms with Crippen LogP contribution in [0.25, 0.3) is 0 Å². The highest BCUT2D eigenvalue weighted by Crippen LogP contribution is 2.36. The van der Waals surface area contributed by atoms with Gasteiger partial charge in [0.05, 0.1) is 28.4 Å². The summed E-state index contributed by atoms with van der Waals surface area (Å²) in [7, 11) is -2.54. The molecular weight excluding hydrogens is 582 g/mol. The lowest BCUT2D eigenvalue weighted by molar-refractivity contribution is -0.119. The molecule has 1 amide bonds. The number of amides is 1. The van der Waals surface area contributed by atoms with Gasteiger partial charge in [-0.2, -0.15) is 5.10 Å². The number of hydrogen-bond donors (Lipinski definition) is 1. The van der Waals surface area contributed by atoms with Crippen LogP contribution in [0.2, 0.25) is 5.02 Å². The van der Waals surface area contributed by atoms with Crippen molar-refractivity contribution in [2.45, 2.75) is 11.8 Å². The number of methoxy groups -OCH3 is 1. The molecule has 194 valence electrons. The Morgan fingerprint density at radius 2 is 1.84 bits per heavy atom. The van der Waals surface area contributed by atoms with Crippen molar-refractivity contribution in [2.75, 3.05) is 24.6 Å². The first kappa shape index (κ1) is 28.2. The van der Waals surface area contributed by atoms with Crippen LogP contribution in [0.1, 0.15) is 11.1 Å². The fourth-order valence-electron chi connectivity index (χ4n) is 3.20. The first-order chi connectivity index (χ1) is 17.6. The second-order valence-corrected chi connectivity index (χ2v) is 10.9. The maximum Gasteiger partial charge on any atom is 0.264 e. The Morgan fingerprint density at radius 3 is 2.46 bits per heavy atom. The van der Waals surface area contributed by atoms with Gasteiger partial charge in [0.25, 0.3) is 15.9 Å². The molecule has 0 saturated carbocycles. The molecule has 0 heterocycles. The van der Waals surface area contributed by atoms with Gasteiger partial charge in [0.15, 0.2) is 11.5 Å². The van der Waals surface area contributed by atoms with E-state index < -0.39 is 22.5 Å². The molecule has 0 bridgehead atoms. The first-order valence-corrected chi connectivity index (χ1v) is 13.5. The van der Waals surface area contributed by atoms with Gasteiger partial charge in [0.2, 0.25) is 0 Å². The summed E-state index contributed by atoms with van der Waals surface area (Å²) in [6, 6.07) is 16.0. The van der Waals surface area contributed by atoms with Crippen molar-refractivity contribution in [3.8, 4) is 11.5 Å². The van der Waals surface area contributed by atoms with Crippen LogP contribution in [0.15, 0.2) is 87.8 Å². The number of benzene rings is 3. The van der Waals surface area contributed by atoms with Crippen LogP contribution < -0.4 is 19.2 Å². The van der Waals surface area contributed by atoms with E-state index in [1.807, 2.05) is 6.92 Å². The van der Waals surface area contributed by atoms with E-state index in [1.54, 1.807) is 42.5 Å². The highest BCUT2D eigenvalue weighted by atomic mass is 79.9. The molecule has 11 heteroatoms. The summed E-state index contributed by atoms with van der Waals surface area (Å²) in [5.74, 6) is 0.324. The number of carbonyl (C=O) groups excluding carboxylic acids is 1. The number of ether oxygens (including phenoxy) is 2. The van der Waals surface area contributed by atoms with Crippen molar-refractivity contribution >= 4 is 55.4 Å². The van der Waals surface area contributed by atoms with Gasteiger partial charge in [-0.3, -0.25) is 9.10 Å². The molecule has 0 unspecified atom stereocenters. The van der Waals surface area contributed by atoms with Crippen LogP contribution in [0.3, 0.4) is 0 Å². The van der Waals surface area contributed by atoms with Crippen molar-refractivity contribution in [1.29, 1.82) is 0 Å². The third-order valence-corrected chi connectivity index (χ3v) is 7.64. The second kappa shape index (κ2) is 12.8. The highest BCUT2D eigenvalue weighted by molar-refractivity contribution is 9.10. The van der Waals surface area contributed by atoms with Gasteiger partial charge in [0, 0.05) is 5.02 Å². The normalized spacial score (nSPS) is 11.2. The number of halogens is 2.